The number of hydrogen-bond donors (Lipinski definition) is 1. The van der Waals surface area contributed by atoms with Crippen molar-refractivity contribution in [1.82, 2.24) is 9.97 Å². The van der Waals surface area contributed by atoms with E-state index in [1.54, 1.807) is 18.3 Å². The van der Waals surface area contributed by atoms with Crippen LogP contribution in [-0.4, -0.2) is 28.2 Å². The van der Waals surface area contributed by atoms with Crippen LogP contribution in [0.15, 0.2) is 24.5 Å². The van der Waals surface area contributed by atoms with Crippen molar-refractivity contribution in [2.45, 2.75) is 13.8 Å². The molecule has 0 radical (unpaired) electrons. The number of hydrogen-bond acceptors (Lipinski definition) is 4. The second-order valence-corrected chi connectivity index (χ2v) is 4.20. The van der Waals surface area contributed by atoms with E-state index in [1.165, 1.54) is 13.3 Å². The Labute approximate surface area is 110 Å². The molecule has 0 aliphatic heterocycles. The van der Waals surface area contributed by atoms with Gasteiger partial charge in [0, 0.05) is 28.7 Å². The van der Waals surface area contributed by atoms with Gasteiger partial charge in [0.2, 0.25) is 0 Å². The van der Waals surface area contributed by atoms with Crippen LogP contribution in [0.3, 0.4) is 0 Å². The van der Waals surface area contributed by atoms with E-state index in [-0.39, 0.29) is 5.56 Å². The summed E-state index contributed by atoms with van der Waals surface area (Å²) in [6, 6.07) is 3.54. The van der Waals surface area contributed by atoms with Crippen molar-refractivity contribution in [3.05, 3.63) is 41.5 Å². The number of methoxy groups -OCH3 is 1. The van der Waals surface area contributed by atoms with Crippen LogP contribution >= 0.6 is 0 Å². The van der Waals surface area contributed by atoms with Gasteiger partial charge in [0.15, 0.2) is 0 Å². The Balaban J connectivity index is 2.73. The summed E-state index contributed by atoms with van der Waals surface area (Å²) in [4.78, 5) is 19.5. The lowest BCUT2D eigenvalue weighted by atomic mass is 10.00. The zero-order valence-corrected chi connectivity index (χ0v) is 11.0. The summed E-state index contributed by atoms with van der Waals surface area (Å²) in [7, 11) is 1.53. The van der Waals surface area contributed by atoms with Crippen molar-refractivity contribution in [2.75, 3.05) is 7.11 Å². The number of carboxylic acids is 1. The third kappa shape index (κ3) is 2.54. The van der Waals surface area contributed by atoms with Gasteiger partial charge < -0.3 is 9.84 Å². The molecule has 2 rings (SSSR count). The molecule has 2 heterocycles. The largest absolute Gasteiger partial charge is 0.494 e. The number of aromatic carboxylic acids is 1. The summed E-state index contributed by atoms with van der Waals surface area (Å²) in [5, 5.41) is 9.25. The molecule has 0 aromatic carbocycles. The third-order valence-corrected chi connectivity index (χ3v) is 2.79. The van der Waals surface area contributed by atoms with Crippen LogP contribution in [0, 0.1) is 13.8 Å². The first-order valence-corrected chi connectivity index (χ1v) is 5.74. The molecule has 19 heavy (non-hydrogen) atoms. The highest BCUT2D eigenvalue weighted by Crippen LogP contribution is 2.32. The molecule has 0 amide bonds. The van der Waals surface area contributed by atoms with Gasteiger partial charge in [-0.1, -0.05) is 0 Å². The SMILES string of the molecule is COc1cnc(C)cc1-c1cc(C)ncc1C(=O)O. The first-order valence-electron chi connectivity index (χ1n) is 5.74. The topological polar surface area (TPSA) is 72.3 Å². The van der Waals surface area contributed by atoms with Crippen LogP contribution in [0.1, 0.15) is 21.7 Å². The Hall–Kier alpha value is -2.43. The van der Waals surface area contributed by atoms with Crippen molar-refractivity contribution >= 4 is 5.97 Å². The molecule has 2 aromatic heterocycles. The minimum atomic E-state index is -1.01. The highest BCUT2D eigenvalue weighted by molar-refractivity contribution is 5.96. The van der Waals surface area contributed by atoms with E-state index in [2.05, 4.69) is 9.97 Å². The van der Waals surface area contributed by atoms with Crippen molar-refractivity contribution in [1.29, 1.82) is 0 Å². The van der Waals surface area contributed by atoms with Gasteiger partial charge in [-0.3, -0.25) is 9.97 Å². The number of nitrogens with zero attached hydrogens (tertiary/aromatic N) is 2. The molecule has 0 atom stereocenters. The molecule has 0 spiro atoms. The fourth-order valence-electron chi connectivity index (χ4n) is 1.87. The fourth-order valence-corrected chi connectivity index (χ4v) is 1.87. The number of aryl methyl sites for hydroxylation is 2. The van der Waals surface area contributed by atoms with Gasteiger partial charge in [-0.2, -0.15) is 0 Å². The van der Waals surface area contributed by atoms with E-state index < -0.39 is 5.97 Å². The van der Waals surface area contributed by atoms with Crippen molar-refractivity contribution < 1.29 is 14.6 Å². The molecule has 5 heteroatoms. The van der Waals surface area contributed by atoms with E-state index in [0.717, 1.165) is 11.4 Å². The summed E-state index contributed by atoms with van der Waals surface area (Å²) in [5.74, 6) is -0.474. The lowest BCUT2D eigenvalue weighted by molar-refractivity contribution is 0.0697. The van der Waals surface area contributed by atoms with E-state index in [0.29, 0.717) is 16.9 Å². The van der Waals surface area contributed by atoms with Gasteiger partial charge in [0.05, 0.1) is 18.9 Å². The minimum Gasteiger partial charge on any atom is -0.494 e. The second kappa shape index (κ2) is 5.06. The molecule has 1 N–H and O–H groups in total. The monoisotopic (exact) mass is 258 g/mol. The Kier molecular flexibility index (Phi) is 3.46. The van der Waals surface area contributed by atoms with E-state index in [1.807, 2.05) is 13.8 Å². The summed E-state index contributed by atoms with van der Waals surface area (Å²) in [6.45, 7) is 3.66. The number of pyridine rings is 2. The molecule has 98 valence electrons. The maximum atomic E-state index is 11.3. The van der Waals surface area contributed by atoms with Gasteiger partial charge in [0.1, 0.15) is 5.75 Å². The van der Waals surface area contributed by atoms with Gasteiger partial charge in [-0.25, -0.2) is 4.79 Å². The highest BCUT2D eigenvalue weighted by atomic mass is 16.5. The smallest absolute Gasteiger partial charge is 0.337 e. The van der Waals surface area contributed by atoms with Crippen LogP contribution in [-0.2, 0) is 0 Å². The first-order chi connectivity index (χ1) is 9.02. The minimum absolute atomic E-state index is 0.148. The van der Waals surface area contributed by atoms with Crippen molar-refractivity contribution in [3.63, 3.8) is 0 Å². The highest BCUT2D eigenvalue weighted by Gasteiger charge is 2.16. The predicted octanol–water partition coefficient (Wildman–Crippen LogP) is 2.47. The van der Waals surface area contributed by atoms with Gasteiger partial charge in [0.25, 0.3) is 0 Å². The number of ether oxygens (including phenoxy) is 1. The second-order valence-electron chi connectivity index (χ2n) is 4.20. The Morgan fingerprint density at radius 2 is 1.68 bits per heavy atom. The summed E-state index contributed by atoms with van der Waals surface area (Å²) in [6.07, 6.45) is 2.95. The summed E-state index contributed by atoms with van der Waals surface area (Å²) in [5.41, 5.74) is 2.98. The van der Waals surface area contributed by atoms with Gasteiger partial charge in [-0.05, 0) is 26.0 Å². The number of aromatic nitrogens is 2. The maximum Gasteiger partial charge on any atom is 0.337 e. The van der Waals surface area contributed by atoms with Crippen molar-refractivity contribution in [2.24, 2.45) is 0 Å². The Morgan fingerprint density at radius 1 is 1.11 bits per heavy atom. The molecule has 0 aliphatic carbocycles. The third-order valence-electron chi connectivity index (χ3n) is 2.79. The van der Waals surface area contributed by atoms with Gasteiger partial charge >= 0.3 is 5.97 Å². The average molecular weight is 258 g/mol. The van der Waals surface area contributed by atoms with Crippen LogP contribution in [0.4, 0.5) is 0 Å². The normalized spacial score (nSPS) is 10.3. The molecule has 0 saturated carbocycles. The van der Waals surface area contributed by atoms with E-state index >= 15 is 0 Å². The molecule has 0 aliphatic rings. The van der Waals surface area contributed by atoms with Crippen LogP contribution < -0.4 is 4.74 Å². The Bertz CT molecular complexity index is 639. The zero-order valence-electron chi connectivity index (χ0n) is 11.0. The molecular weight excluding hydrogens is 244 g/mol. The lowest BCUT2D eigenvalue weighted by Gasteiger charge is -2.12. The lowest BCUT2D eigenvalue weighted by Crippen LogP contribution is -2.03. The zero-order chi connectivity index (χ0) is 14.0. The standard InChI is InChI=1S/C14H14N2O3/c1-8-4-10(12(6-15-8)14(17)18)11-5-9(2)16-7-13(11)19-3/h4-7H,1-3H3,(H,17,18). The van der Waals surface area contributed by atoms with E-state index in [4.69, 9.17) is 4.74 Å². The maximum absolute atomic E-state index is 11.3. The van der Waals surface area contributed by atoms with E-state index in [9.17, 15) is 9.90 Å². The molecule has 0 fully saturated rings. The quantitative estimate of drug-likeness (QED) is 0.915. The van der Waals surface area contributed by atoms with Crippen LogP contribution in [0.5, 0.6) is 5.75 Å². The Morgan fingerprint density at radius 3 is 2.26 bits per heavy atom. The van der Waals surface area contributed by atoms with Crippen LogP contribution in [0.2, 0.25) is 0 Å². The van der Waals surface area contributed by atoms with Gasteiger partial charge in [-0.15, -0.1) is 0 Å². The van der Waals surface area contributed by atoms with Crippen molar-refractivity contribution in [3.8, 4) is 16.9 Å². The molecule has 5 nitrogen and oxygen atoms in total. The first kappa shape index (κ1) is 13.0. The number of carboxylic acid groups (broad SMARTS) is 1. The summed E-state index contributed by atoms with van der Waals surface area (Å²) >= 11 is 0. The number of rotatable bonds is 3. The molecule has 0 saturated heterocycles. The molecule has 0 unspecified atom stereocenters. The molecule has 0 bridgehead atoms. The number of carbonyl (C=O) groups is 1. The summed E-state index contributed by atoms with van der Waals surface area (Å²) < 4.78 is 5.25. The average Bonchev–Trinajstić information content (AvgIpc) is 2.38. The molecular formula is C14H14N2O3. The fraction of sp³-hybridized carbons (Fsp3) is 0.214. The van der Waals surface area contributed by atoms with Crippen LogP contribution in [0.25, 0.3) is 11.1 Å². The molecule has 2 aromatic rings. The predicted molar refractivity (Wildman–Crippen MR) is 70.5 cm³/mol.